The molecule has 0 aliphatic rings. The van der Waals surface area contributed by atoms with E-state index in [2.05, 4.69) is 15.5 Å². The summed E-state index contributed by atoms with van der Waals surface area (Å²) in [7, 11) is 0. The molecule has 0 fully saturated rings. The highest BCUT2D eigenvalue weighted by molar-refractivity contribution is 6.30. The van der Waals surface area contributed by atoms with Crippen LogP contribution in [-0.4, -0.2) is 22.1 Å². The van der Waals surface area contributed by atoms with Crippen LogP contribution in [0.4, 0.5) is 0 Å². The molecule has 3 aromatic rings. The van der Waals surface area contributed by atoms with E-state index in [9.17, 15) is 4.79 Å². The SMILES string of the molecule is CC(CCc1ccco1)NC(=O)CCc1nc(-c2ccc(Cl)cc2)no1. The lowest BCUT2D eigenvalue weighted by Gasteiger charge is -2.12. The summed E-state index contributed by atoms with van der Waals surface area (Å²) in [6.07, 6.45) is 3.97. The second-order valence-electron chi connectivity index (χ2n) is 6.11. The van der Waals surface area contributed by atoms with E-state index in [0.717, 1.165) is 24.2 Å². The van der Waals surface area contributed by atoms with Crippen LogP contribution in [0.1, 0.15) is 31.4 Å². The molecule has 6 nitrogen and oxygen atoms in total. The molecule has 2 aromatic heterocycles. The maximum Gasteiger partial charge on any atom is 0.227 e. The molecule has 0 bridgehead atoms. The van der Waals surface area contributed by atoms with Gasteiger partial charge in [0.25, 0.3) is 0 Å². The van der Waals surface area contributed by atoms with Gasteiger partial charge in [-0.05, 0) is 49.7 Å². The molecule has 0 spiro atoms. The zero-order chi connectivity index (χ0) is 18.4. The van der Waals surface area contributed by atoms with Crippen LogP contribution in [0.3, 0.4) is 0 Å². The predicted octanol–water partition coefficient (Wildman–Crippen LogP) is 4.05. The Hall–Kier alpha value is -2.60. The Kier molecular flexibility index (Phi) is 6.07. The van der Waals surface area contributed by atoms with Crippen LogP contribution in [0.5, 0.6) is 0 Å². The van der Waals surface area contributed by atoms with Gasteiger partial charge >= 0.3 is 0 Å². The van der Waals surface area contributed by atoms with Crippen molar-refractivity contribution in [1.82, 2.24) is 15.5 Å². The van der Waals surface area contributed by atoms with Crippen molar-refractivity contribution in [2.75, 3.05) is 0 Å². The smallest absolute Gasteiger partial charge is 0.227 e. The number of furan rings is 1. The Bertz CT molecular complexity index is 828. The fraction of sp³-hybridized carbons (Fsp3) is 0.316. The molecule has 3 rings (SSSR count). The Morgan fingerprint density at radius 2 is 2.04 bits per heavy atom. The van der Waals surface area contributed by atoms with E-state index in [1.807, 2.05) is 31.2 Å². The Morgan fingerprint density at radius 1 is 1.23 bits per heavy atom. The first-order chi connectivity index (χ1) is 12.6. The van der Waals surface area contributed by atoms with E-state index in [-0.39, 0.29) is 11.9 Å². The maximum atomic E-state index is 12.1. The third kappa shape index (κ3) is 5.20. The summed E-state index contributed by atoms with van der Waals surface area (Å²) in [5.41, 5.74) is 0.820. The minimum absolute atomic E-state index is 0.0387. The Labute approximate surface area is 156 Å². The fourth-order valence-electron chi connectivity index (χ4n) is 2.53. The molecule has 0 aliphatic carbocycles. The van der Waals surface area contributed by atoms with Crippen molar-refractivity contribution >= 4 is 17.5 Å². The van der Waals surface area contributed by atoms with Gasteiger partial charge in [0.05, 0.1) is 6.26 Å². The normalized spacial score (nSPS) is 12.1. The molecule has 26 heavy (non-hydrogen) atoms. The summed E-state index contributed by atoms with van der Waals surface area (Å²) < 4.78 is 10.5. The van der Waals surface area contributed by atoms with Gasteiger partial charge in [-0.25, -0.2) is 0 Å². The van der Waals surface area contributed by atoms with Crippen LogP contribution in [0.25, 0.3) is 11.4 Å². The second-order valence-corrected chi connectivity index (χ2v) is 6.54. The molecule has 136 valence electrons. The highest BCUT2D eigenvalue weighted by Gasteiger charge is 2.12. The minimum Gasteiger partial charge on any atom is -0.469 e. The zero-order valence-corrected chi connectivity index (χ0v) is 15.2. The first-order valence-electron chi connectivity index (χ1n) is 8.50. The van der Waals surface area contributed by atoms with Crippen molar-refractivity contribution in [3.05, 3.63) is 59.3 Å². The standard InChI is InChI=1S/C19H20ClN3O3/c1-13(4-9-16-3-2-12-25-16)21-17(24)10-11-18-22-19(23-26-18)14-5-7-15(20)8-6-14/h2-3,5-8,12-13H,4,9-11H2,1H3,(H,21,24). The van der Waals surface area contributed by atoms with Gasteiger partial charge in [-0.3, -0.25) is 4.79 Å². The van der Waals surface area contributed by atoms with Gasteiger partial charge in [-0.2, -0.15) is 4.98 Å². The largest absolute Gasteiger partial charge is 0.469 e. The molecule has 1 atom stereocenters. The van der Waals surface area contributed by atoms with Gasteiger partial charge in [0.1, 0.15) is 5.76 Å². The van der Waals surface area contributed by atoms with E-state index < -0.39 is 0 Å². The number of aryl methyl sites for hydroxylation is 2. The molecule has 1 unspecified atom stereocenters. The van der Waals surface area contributed by atoms with Crippen LogP contribution in [0.2, 0.25) is 5.02 Å². The van der Waals surface area contributed by atoms with Crippen molar-refractivity contribution in [3.8, 4) is 11.4 Å². The monoisotopic (exact) mass is 373 g/mol. The third-order valence-corrected chi connectivity index (χ3v) is 4.20. The number of aromatic nitrogens is 2. The second kappa shape index (κ2) is 8.67. The number of nitrogens with one attached hydrogen (secondary N) is 1. The molecule has 0 saturated carbocycles. The zero-order valence-electron chi connectivity index (χ0n) is 14.4. The Morgan fingerprint density at radius 3 is 2.77 bits per heavy atom. The molecule has 1 N–H and O–H groups in total. The summed E-state index contributed by atoms with van der Waals surface area (Å²) in [6.45, 7) is 1.98. The molecular formula is C19H20ClN3O3. The van der Waals surface area contributed by atoms with Crippen molar-refractivity contribution in [3.63, 3.8) is 0 Å². The lowest BCUT2D eigenvalue weighted by molar-refractivity contribution is -0.121. The van der Waals surface area contributed by atoms with E-state index in [4.69, 9.17) is 20.5 Å². The van der Waals surface area contributed by atoms with Crippen molar-refractivity contribution in [2.24, 2.45) is 0 Å². The molecule has 1 aromatic carbocycles. The highest BCUT2D eigenvalue weighted by atomic mass is 35.5. The number of benzene rings is 1. The minimum atomic E-state index is -0.0387. The summed E-state index contributed by atoms with van der Waals surface area (Å²) in [6, 6.07) is 11.0. The molecule has 7 heteroatoms. The maximum absolute atomic E-state index is 12.1. The van der Waals surface area contributed by atoms with Gasteiger partial charge in [-0.15, -0.1) is 0 Å². The van der Waals surface area contributed by atoms with Gasteiger partial charge in [0, 0.05) is 35.9 Å². The Balaban J connectivity index is 1.43. The van der Waals surface area contributed by atoms with Crippen LogP contribution in [0, 0.1) is 0 Å². The number of rotatable bonds is 8. The molecule has 0 aliphatic heterocycles. The predicted molar refractivity (Wildman–Crippen MR) is 97.7 cm³/mol. The summed E-state index contributed by atoms with van der Waals surface area (Å²) in [5.74, 6) is 1.81. The van der Waals surface area contributed by atoms with E-state index >= 15 is 0 Å². The number of carbonyl (C=O) groups excluding carboxylic acids is 1. The van der Waals surface area contributed by atoms with Gasteiger partial charge in [-0.1, -0.05) is 16.8 Å². The number of halogens is 1. The van der Waals surface area contributed by atoms with Gasteiger partial charge < -0.3 is 14.3 Å². The number of amides is 1. The fourth-order valence-corrected chi connectivity index (χ4v) is 2.65. The molecule has 0 saturated heterocycles. The lowest BCUT2D eigenvalue weighted by atomic mass is 10.1. The topological polar surface area (TPSA) is 81.2 Å². The number of carbonyl (C=O) groups is 1. The van der Waals surface area contributed by atoms with E-state index in [1.165, 1.54) is 0 Å². The summed E-state index contributed by atoms with van der Waals surface area (Å²) in [4.78, 5) is 16.4. The third-order valence-electron chi connectivity index (χ3n) is 3.95. The van der Waals surface area contributed by atoms with Crippen molar-refractivity contribution in [1.29, 1.82) is 0 Å². The molecule has 0 radical (unpaired) electrons. The average Bonchev–Trinajstić information content (AvgIpc) is 3.31. The number of hydrogen-bond acceptors (Lipinski definition) is 5. The first-order valence-corrected chi connectivity index (χ1v) is 8.88. The molecule has 1 amide bonds. The van der Waals surface area contributed by atoms with Crippen LogP contribution < -0.4 is 5.32 Å². The molecular weight excluding hydrogens is 354 g/mol. The molecule has 2 heterocycles. The summed E-state index contributed by atoms with van der Waals surface area (Å²) in [5, 5.41) is 7.56. The van der Waals surface area contributed by atoms with Crippen LogP contribution in [-0.2, 0) is 17.6 Å². The van der Waals surface area contributed by atoms with E-state index in [0.29, 0.717) is 29.6 Å². The quantitative estimate of drug-likeness (QED) is 0.644. The van der Waals surface area contributed by atoms with Crippen molar-refractivity contribution < 1.29 is 13.7 Å². The average molecular weight is 374 g/mol. The van der Waals surface area contributed by atoms with Crippen molar-refractivity contribution in [2.45, 2.75) is 38.6 Å². The number of nitrogens with zero attached hydrogens (tertiary/aromatic N) is 2. The summed E-state index contributed by atoms with van der Waals surface area (Å²) >= 11 is 5.87. The first kappa shape index (κ1) is 18.2. The lowest BCUT2D eigenvalue weighted by Crippen LogP contribution is -2.33. The van der Waals surface area contributed by atoms with Gasteiger partial charge in [0.2, 0.25) is 17.6 Å². The van der Waals surface area contributed by atoms with Gasteiger partial charge in [0.15, 0.2) is 0 Å². The van der Waals surface area contributed by atoms with E-state index in [1.54, 1.807) is 18.4 Å². The van der Waals surface area contributed by atoms with Crippen LogP contribution in [0.15, 0.2) is 51.6 Å². The highest BCUT2D eigenvalue weighted by Crippen LogP contribution is 2.19. The number of hydrogen-bond donors (Lipinski definition) is 1. The van der Waals surface area contributed by atoms with Crippen LogP contribution >= 0.6 is 11.6 Å².